The Morgan fingerprint density at radius 3 is 2.50 bits per heavy atom. The van der Waals surface area contributed by atoms with Crippen molar-refractivity contribution in [2.24, 2.45) is 11.8 Å². The first-order chi connectivity index (χ1) is 12.3. The zero-order valence-electron chi connectivity index (χ0n) is 15.8. The molecule has 3 rings (SSSR count). The maximum Gasteiger partial charge on any atom is 0.152 e. The van der Waals surface area contributed by atoms with Gasteiger partial charge in [-0.05, 0) is 80.3 Å². The number of aryl methyl sites for hydroxylation is 1. The third kappa shape index (κ3) is 4.20. The minimum absolute atomic E-state index is 0.0893. The highest BCUT2D eigenvalue weighted by Gasteiger charge is 2.30. The van der Waals surface area contributed by atoms with E-state index in [1.807, 2.05) is 0 Å². The van der Waals surface area contributed by atoms with Crippen LogP contribution >= 0.6 is 11.3 Å². The van der Waals surface area contributed by atoms with E-state index in [0.717, 1.165) is 31.2 Å². The molecule has 5 heteroatoms. The summed E-state index contributed by atoms with van der Waals surface area (Å²) in [6.45, 7) is 5.60. The molecule has 1 aromatic heterocycles. The number of ketones is 1. The molecule has 0 aliphatic heterocycles. The normalized spacial score (nSPS) is 21.4. The van der Waals surface area contributed by atoms with Gasteiger partial charge in [0, 0.05) is 17.0 Å². The van der Waals surface area contributed by atoms with Crippen molar-refractivity contribution in [1.29, 1.82) is 0 Å². The Kier molecular flexibility index (Phi) is 5.88. The molecule has 3 nitrogen and oxygen atoms in total. The summed E-state index contributed by atoms with van der Waals surface area (Å²) in [7, 11) is -2.99. The smallest absolute Gasteiger partial charge is 0.152 e. The summed E-state index contributed by atoms with van der Waals surface area (Å²) >= 11 is 1.73. The van der Waals surface area contributed by atoms with Gasteiger partial charge in [-0.3, -0.25) is 4.79 Å². The zero-order valence-corrected chi connectivity index (χ0v) is 17.5. The molecule has 1 heterocycles. The van der Waals surface area contributed by atoms with Crippen LogP contribution in [0.2, 0.25) is 0 Å². The van der Waals surface area contributed by atoms with Gasteiger partial charge in [0.15, 0.2) is 9.84 Å². The number of hydrogen-bond acceptors (Lipinski definition) is 4. The summed E-state index contributed by atoms with van der Waals surface area (Å²) in [5.41, 5.74) is 2.36. The van der Waals surface area contributed by atoms with Gasteiger partial charge in [-0.1, -0.05) is 12.1 Å². The number of sulfone groups is 1. The van der Waals surface area contributed by atoms with Gasteiger partial charge in [-0.2, -0.15) is 0 Å². The van der Waals surface area contributed by atoms with Crippen LogP contribution in [0.4, 0.5) is 0 Å². The van der Waals surface area contributed by atoms with Crippen molar-refractivity contribution in [1.82, 2.24) is 0 Å². The van der Waals surface area contributed by atoms with Crippen molar-refractivity contribution in [2.75, 3.05) is 5.75 Å². The van der Waals surface area contributed by atoms with E-state index in [2.05, 4.69) is 30.5 Å². The highest BCUT2D eigenvalue weighted by atomic mass is 32.2. The van der Waals surface area contributed by atoms with Crippen molar-refractivity contribution in [2.45, 2.75) is 58.1 Å². The van der Waals surface area contributed by atoms with Crippen LogP contribution in [0.15, 0.2) is 23.6 Å². The molecule has 0 unspecified atom stereocenters. The number of thiophene rings is 1. The summed E-state index contributed by atoms with van der Waals surface area (Å²) in [5, 5.41) is 3.03. The Morgan fingerprint density at radius 1 is 1.15 bits per heavy atom. The molecular formula is C21H28O3S2. The molecule has 0 spiro atoms. The maximum atomic E-state index is 12.8. The molecule has 1 saturated carbocycles. The number of carbonyl (C=O) groups excluding carboxylic acids is 1. The average Bonchev–Trinajstić information content (AvgIpc) is 3.07. The first kappa shape index (κ1) is 19.6. The highest BCUT2D eigenvalue weighted by molar-refractivity contribution is 7.91. The summed E-state index contributed by atoms with van der Waals surface area (Å²) in [6, 6.07) is 6.31. The quantitative estimate of drug-likeness (QED) is 0.699. The topological polar surface area (TPSA) is 51.2 Å². The van der Waals surface area contributed by atoms with E-state index < -0.39 is 9.84 Å². The first-order valence-corrected chi connectivity index (χ1v) is 12.1. The Balaban J connectivity index is 1.59. The van der Waals surface area contributed by atoms with Crippen LogP contribution in [0.3, 0.4) is 0 Å². The molecule has 142 valence electrons. The van der Waals surface area contributed by atoms with E-state index in [1.54, 1.807) is 25.2 Å². The Labute approximate surface area is 160 Å². The molecule has 1 aromatic carbocycles. The molecule has 0 N–H and O–H groups in total. The Bertz CT molecular complexity index is 885. The SMILES string of the molecule is Cc1c(CC(=O)C2CCC(CS(=O)(=O)C(C)C)CC2)ccc2ccsc12. The average molecular weight is 393 g/mol. The van der Waals surface area contributed by atoms with Crippen molar-refractivity contribution >= 4 is 37.0 Å². The third-order valence-corrected chi connectivity index (χ3v) is 9.26. The highest BCUT2D eigenvalue weighted by Crippen LogP contribution is 2.33. The lowest BCUT2D eigenvalue weighted by molar-refractivity contribution is -0.123. The van der Waals surface area contributed by atoms with Crippen LogP contribution in [0.25, 0.3) is 10.1 Å². The minimum Gasteiger partial charge on any atom is -0.299 e. The molecule has 0 bridgehead atoms. The summed E-state index contributed by atoms with van der Waals surface area (Å²) in [5.74, 6) is 0.899. The fourth-order valence-electron chi connectivity index (χ4n) is 3.91. The summed E-state index contributed by atoms with van der Waals surface area (Å²) < 4.78 is 25.5. The van der Waals surface area contributed by atoms with Gasteiger partial charge < -0.3 is 0 Å². The molecule has 1 fully saturated rings. The number of fused-ring (bicyclic) bond motifs is 1. The second kappa shape index (κ2) is 7.81. The molecule has 0 radical (unpaired) electrons. The van der Waals surface area contributed by atoms with Crippen LogP contribution in [0, 0.1) is 18.8 Å². The van der Waals surface area contributed by atoms with Crippen molar-refractivity contribution in [3.63, 3.8) is 0 Å². The van der Waals surface area contributed by atoms with E-state index in [1.165, 1.54) is 15.6 Å². The first-order valence-electron chi connectivity index (χ1n) is 9.48. The van der Waals surface area contributed by atoms with Crippen molar-refractivity contribution in [3.8, 4) is 0 Å². The lowest BCUT2D eigenvalue weighted by Crippen LogP contribution is -2.29. The number of rotatable bonds is 6. The Hall–Kier alpha value is -1.20. The number of Topliss-reactive ketones (excluding diaryl/α,β-unsaturated/α-hetero) is 1. The molecule has 0 saturated heterocycles. The molecule has 0 atom stereocenters. The second-order valence-corrected chi connectivity index (χ2v) is 11.4. The lowest BCUT2D eigenvalue weighted by Gasteiger charge is -2.28. The monoisotopic (exact) mass is 392 g/mol. The van der Waals surface area contributed by atoms with Gasteiger partial charge in [0.1, 0.15) is 5.78 Å². The second-order valence-electron chi connectivity index (χ2n) is 7.93. The standard InChI is InChI=1S/C21H28O3S2/c1-14(2)26(23,24)13-16-4-6-17(7-5-16)20(22)12-19-9-8-18-10-11-25-21(18)15(19)3/h8-11,14,16-17H,4-7,12-13H2,1-3H3. The number of carbonyl (C=O) groups is 1. The van der Waals surface area contributed by atoms with Crippen molar-refractivity contribution < 1.29 is 13.2 Å². The Morgan fingerprint density at radius 2 is 1.85 bits per heavy atom. The molecule has 0 amide bonds. The molecule has 1 aliphatic carbocycles. The van der Waals surface area contributed by atoms with Crippen molar-refractivity contribution in [3.05, 3.63) is 34.7 Å². The van der Waals surface area contributed by atoms with Crippen LogP contribution in [-0.4, -0.2) is 25.2 Å². The fraction of sp³-hybridized carbons (Fsp3) is 0.571. The minimum atomic E-state index is -2.99. The van der Waals surface area contributed by atoms with Gasteiger partial charge in [0.2, 0.25) is 0 Å². The van der Waals surface area contributed by atoms with Crippen LogP contribution in [0.1, 0.15) is 50.7 Å². The predicted molar refractivity (Wildman–Crippen MR) is 110 cm³/mol. The zero-order chi connectivity index (χ0) is 18.9. The van der Waals surface area contributed by atoms with Gasteiger partial charge in [-0.15, -0.1) is 11.3 Å². The number of benzene rings is 1. The van der Waals surface area contributed by atoms with E-state index in [4.69, 9.17) is 0 Å². The van der Waals surface area contributed by atoms with Gasteiger partial charge in [0.05, 0.1) is 11.0 Å². The van der Waals surface area contributed by atoms with Gasteiger partial charge in [-0.25, -0.2) is 8.42 Å². The van der Waals surface area contributed by atoms with E-state index >= 15 is 0 Å². The largest absolute Gasteiger partial charge is 0.299 e. The van der Waals surface area contributed by atoms with Gasteiger partial charge in [0.25, 0.3) is 0 Å². The lowest BCUT2D eigenvalue weighted by atomic mass is 9.79. The van der Waals surface area contributed by atoms with Crippen LogP contribution < -0.4 is 0 Å². The summed E-state index contributed by atoms with van der Waals surface area (Å²) in [6.07, 6.45) is 3.87. The number of hydrogen-bond donors (Lipinski definition) is 0. The maximum absolute atomic E-state index is 12.8. The van der Waals surface area contributed by atoms with Gasteiger partial charge >= 0.3 is 0 Å². The van der Waals surface area contributed by atoms with E-state index in [9.17, 15) is 13.2 Å². The van der Waals surface area contributed by atoms with E-state index in [-0.39, 0.29) is 22.8 Å². The van der Waals surface area contributed by atoms with Crippen LogP contribution in [0.5, 0.6) is 0 Å². The molecule has 2 aromatic rings. The predicted octanol–water partition coefficient (Wildman–Crippen LogP) is 4.95. The third-order valence-electron chi connectivity index (χ3n) is 5.84. The summed E-state index contributed by atoms with van der Waals surface area (Å²) in [4.78, 5) is 12.8. The molecular weight excluding hydrogens is 364 g/mol. The van der Waals surface area contributed by atoms with E-state index in [0.29, 0.717) is 12.2 Å². The molecule has 26 heavy (non-hydrogen) atoms. The van der Waals surface area contributed by atoms with Crippen LogP contribution in [-0.2, 0) is 21.1 Å². The molecule has 1 aliphatic rings. The fourth-order valence-corrected chi connectivity index (χ4v) is 6.22.